The van der Waals surface area contributed by atoms with Crippen LogP contribution in [0.15, 0.2) is 24.3 Å². The number of rotatable bonds is 4. The van der Waals surface area contributed by atoms with Crippen LogP contribution in [0.4, 0.5) is 13.2 Å². The predicted octanol–water partition coefficient (Wildman–Crippen LogP) is 2.01. The van der Waals surface area contributed by atoms with E-state index in [2.05, 4.69) is 5.32 Å². The molecule has 0 spiro atoms. The third-order valence-corrected chi connectivity index (χ3v) is 2.17. The Bertz CT molecular complexity index is 321. The van der Waals surface area contributed by atoms with E-state index in [4.69, 9.17) is 5.11 Å². The Labute approximate surface area is 92.1 Å². The molecule has 2 N–H and O–H groups in total. The van der Waals surface area contributed by atoms with E-state index < -0.39 is 18.8 Å². The molecule has 1 unspecified atom stereocenters. The quantitative estimate of drug-likeness (QED) is 0.833. The first-order valence-corrected chi connectivity index (χ1v) is 4.90. The van der Waals surface area contributed by atoms with Gasteiger partial charge in [0, 0.05) is 13.1 Å². The second-order valence-corrected chi connectivity index (χ2v) is 3.67. The minimum absolute atomic E-state index is 0.313. The molecule has 0 aliphatic rings. The lowest BCUT2D eigenvalue weighted by molar-refractivity contribution is -0.201. The van der Waals surface area contributed by atoms with E-state index in [1.807, 2.05) is 31.2 Å². The smallest absolute Gasteiger partial charge is 0.382 e. The normalized spacial score (nSPS) is 13.8. The van der Waals surface area contributed by atoms with Crippen molar-refractivity contribution in [2.45, 2.75) is 25.7 Å². The summed E-state index contributed by atoms with van der Waals surface area (Å²) in [5.74, 6) is 0. The number of alkyl halides is 3. The lowest BCUT2D eigenvalue weighted by Crippen LogP contribution is -2.38. The molecule has 0 saturated heterocycles. The average Bonchev–Trinajstić information content (AvgIpc) is 2.19. The van der Waals surface area contributed by atoms with E-state index in [1.165, 1.54) is 0 Å². The molecule has 0 radical (unpaired) electrons. The zero-order valence-corrected chi connectivity index (χ0v) is 8.88. The molecule has 0 amide bonds. The van der Waals surface area contributed by atoms with Crippen LogP contribution >= 0.6 is 0 Å². The van der Waals surface area contributed by atoms with E-state index in [-0.39, 0.29) is 0 Å². The highest BCUT2D eigenvalue weighted by Gasteiger charge is 2.37. The number of aliphatic hydroxyl groups excluding tert-OH is 1. The number of nitrogens with one attached hydrogen (secondary N) is 1. The van der Waals surface area contributed by atoms with Crippen molar-refractivity contribution in [3.63, 3.8) is 0 Å². The van der Waals surface area contributed by atoms with Gasteiger partial charge in [-0.15, -0.1) is 0 Å². The van der Waals surface area contributed by atoms with Gasteiger partial charge < -0.3 is 10.4 Å². The van der Waals surface area contributed by atoms with Gasteiger partial charge in [-0.2, -0.15) is 13.2 Å². The highest BCUT2D eigenvalue weighted by atomic mass is 19.4. The maximum Gasteiger partial charge on any atom is 0.415 e. The summed E-state index contributed by atoms with van der Waals surface area (Å²) in [5.41, 5.74) is 1.99. The molecular weight excluding hydrogens is 219 g/mol. The van der Waals surface area contributed by atoms with Crippen molar-refractivity contribution in [2.75, 3.05) is 6.54 Å². The van der Waals surface area contributed by atoms with Crippen LogP contribution < -0.4 is 5.32 Å². The molecule has 5 heteroatoms. The molecule has 0 aromatic heterocycles. The van der Waals surface area contributed by atoms with E-state index in [1.54, 1.807) is 0 Å². The van der Waals surface area contributed by atoms with Crippen molar-refractivity contribution in [2.24, 2.45) is 0 Å². The largest absolute Gasteiger partial charge is 0.415 e. The van der Waals surface area contributed by atoms with Crippen molar-refractivity contribution in [1.29, 1.82) is 0 Å². The van der Waals surface area contributed by atoms with E-state index >= 15 is 0 Å². The van der Waals surface area contributed by atoms with Gasteiger partial charge >= 0.3 is 6.18 Å². The molecule has 1 aromatic rings. The van der Waals surface area contributed by atoms with Crippen molar-refractivity contribution in [1.82, 2.24) is 5.32 Å². The fourth-order valence-electron chi connectivity index (χ4n) is 1.17. The van der Waals surface area contributed by atoms with Crippen LogP contribution in [0.25, 0.3) is 0 Å². The number of halogens is 3. The van der Waals surface area contributed by atoms with Gasteiger partial charge in [0.1, 0.15) is 0 Å². The highest BCUT2D eigenvalue weighted by molar-refractivity contribution is 5.21. The molecule has 1 rings (SSSR count). The number of aryl methyl sites for hydroxylation is 1. The standard InChI is InChI=1S/C11H14F3NO/c1-8-2-4-9(5-3-8)6-15-7-10(16)11(12,13)14/h2-5,10,15-16H,6-7H2,1H3. The molecule has 0 saturated carbocycles. The molecule has 0 fully saturated rings. The molecule has 0 aliphatic carbocycles. The summed E-state index contributed by atoms with van der Waals surface area (Å²) in [6, 6.07) is 7.44. The molecule has 90 valence electrons. The molecular formula is C11H14F3NO. The van der Waals surface area contributed by atoms with Crippen molar-refractivity contribution < 1.29 is 18.3 Å². The molecule has 0 bridgehead atoms. The monoisotopic (exact) mass is 233 g/mol. The molecule has 1 atom stereocenters. The van der Waals surface area contributed by atoms with Gasteiger partial charge in [-0.1, -0.05) is 29.8 Å². The third-order valence-electron chi connectivity index (χ3n) is 2.17. The minimum atomic E-state index is -4.56. The number of hydrogen-bond donors (Lipinski definition) is 2. The third kappa shape index (κ3) is 4.20. The number of benzene rings is 1. The summed E-state index contributed by atoms with van der Waals surface area (Å²) < 4.78 is 35.8. The second kappa shape index (κ2) is 5.32. The van der Waals surface area contributed by atoms with Crippen LogP contribution in [0.5, 0.6) is 0 Å². The molecule has 0 aliphatic heterocycles. The Morgan fingerprint density at radius 3 is 2.31 bits per heavy atom. The van der Waals surface area contributed by atoms with Crippen LogP contribution in [0.1, 0.15) is 11.1 Å². The molecule has 1 aromatic carbocycles. The summed E-state index contributed by atoms with van der Waals surface area (Å²) in [6.07, 6.45) is -6.86. The summed E-state index contributed by atoms with van der Waals surface area (Å²) in [7, 11) is 0. The predicted molar refractivity (Wildman–Crippen MR) is 54.9 cm³/mol. The lowest BCUT2D eigenvalue weighted by atomic mass is 10.1. The Balaban J connectivity index is 2.33. The zero-order chi connectivity index (χ0) is 12.2. The number of aliphatic hydroxyl groups is 1. The Hall–Kier alpha value is -1.07. The number of hydrogen-bond acceptors (Lipinski definition) is 2. The van der Waals surface area contributed by atoms with Crippen LogP contribution in [-0.4, -0.2) is 23.9 Å². The van der Waals surface area contributed by atoms with Gasteiger partial charge in [0.05, 0.1) is 0 Å². The van der Waals surface area contributed by atoms with Gasteiger partial charge in [-0.3, -0.25) is 0 Å². The fraction of sp³-hybridized carbons (Fsp3) is 0.455. The van der Waals surface area contributed by atoms with Crippen LogP contribution in [-0.2, 0) is 6.54 Å². The van der Waals surface area contributed by atoms with Gasteiger partial charge in [0.15, 0.2) is 6.10 Å². The maximum atomic E-state index is 11.9. The first-order valence-electron chi connectivity index (χ1n) is 4.90. The van der Waals surface area contributed by atoms with Crippen LogP contribution in [0.3, 0.4) is 0 Å². The van der Waals surface area contributed by atoms with Gasteiger partial charge in [0.25, 0.3) is 0 Å². The molecule has 0 heterocycles. The van der Waals surface area contributed by atoms with Crippen LogP contribution in [0.2, 0.25) is 0 Å². The Morgan fingerprint density at radius 2 is 1.81 bits per heavy atom. The zero-order valence-electron chi connectivity index (χ0n) is 8.88. The topological polar surface area (TPSA) is 32.3 Å². The summed E-state index contributed by atoms with van der Waals surface area (Å²) >= 11 is 0. The van der Waals surface area contributed by atoms with E-state index in [0.717, 1.165) is 11.1 Å². The summed E-state index contributed by atoms with van der Waals surface area (Å²) in [6.45, 7) is 1.76. The SMILES string of the molecule is Cc1ccc(CNCC(O)C(F)(F)F)cc1. The highest BCUT2D eigenvalue weighted by Crippen LogP contribution is 2.19. The summed E-state index contributed by atoms with van der Waals surface area (Å²) in [5, 5.41) is 11.3. The molecule has 2 nitrogen and oxygen atoms in total. The maximum absolute atomic E-state index is 11.9. The van der Waals surface area contributed by atoms with E-state index in [9.17, 15) is 13.2 Å². The van der Waals surface area contributed by atoms with Crippen molar-refractivity contribution >= 4 is 0 Å². The Kier molecular flexibility index (Phi) is 4.32. The average molecular weight is 233 g/mol. The van der Waals surface area contributed by atoms with Crippen LogP contribution in [0, 0.1) is 6.92 Å². The van der Waals surface area contributed by atoms with E-state index in [0.29, 0.717) is 6.54 Å². The first kappa shape index (κ1) is 13.0. The van der Waals surface area contributed by atoms with Gasteiger partial charge in [-0.05, 0) is 12.5 Å². The van der Waals surface area contributed by atoms with Crippen molar-refractivity contribution in [3.05, 3.63) is 35.4 Å². The first-order chi connectivity index (χ1) is 7.39. The second-order valence-electron chi connectivity index (χ2n) is 3.67. The minimum Gasteiger partial charge on any atom is -0.382 e. The lowest BCUT2D eigenvalue weighted by Gasteiger charge is -2.15. The Morgan fingerprint density at radius 1 is 1.25 bits per heavy atom. The van der Waals surface area contributed by atoms with Crippen molar-refractivity contribution in [3.8, 4) is 0 Å². The summed E-state index contributed by atoms with van der Waals surface area (Å²) in [4.78, 5) is 0. The molecule has 16 heavy (non-hydrogen) atoms. The van der Waals surface area contributed by atoms with Gasteiger partial charge in [0.2, 0.25) is 0 Å². The fourth-order valence-corrected chi connectivity index (χ4v) is 1.17. The van der Waals surface area contributed by atoms with Gasteiger partial charge in [-0.25, -0.2) is 0 Å².